The van der Waals surface area contributed by atoms with Gasteiger partial charge in [0.1, 0.15) is 30.0 Å². The van der Waals surface area contributed by atoms with E-state index in [0.29, 0.717) is 11.3 Å². The molecule has 0 bridgehead atoms. The zero-order valence-electron chi connectivity index (χ0n) is 17.7. The van der Waals surface area contributed by atoms with Crippen molar-refractivity contribution >= 4 is 17.7 Å². The van der Waals surface area contributed by atoms with Gasteiger partial charge in [-0.2, -0.15) is 5.10 Å². The maximum atomic E-state index is 11.7. The van der Waals surface area contributed by atoms with E-state index in [1.165, 1.54) is 21.3 Å². The number of ketones is 1. The molecular weight excluding hydrogens is 396 g/mol. The van der Waals surface area contributed by atoms with E-state index in [9.17, 15) is 14.4 Å². The summed E-state index contributed by atoms with van der Waals surface area (Å²) in [6.45, 7) is 0.211. The molecule has 0 saturated heterocycles. The maximum Gasteiger partial charge on any atom is 0.341 e. The van der Waals surface area contributed by atoms with Crippen molar-refractivity contribution < 1.29 is 38.1 Å². The Morgan fingerprint density at radius 1 is 0.933 bits per heavy atom. The fraction of sp³-hybridized carbons (Fsp3) is 0.400. The molecule has 1 aromatic carbocycles. The van der Waals surface area contributed by atoms with Crippen LogP contribution in [0.2, 0.25) is 0 Å². The molecule has 1 aromatic heterocycles. The van der Waals surface area contributed by atoms with E-state index in [2.05, 4.69) is 14.6 Å². The lowest BCUT2D eigenvalue weighted by atomic mass is 10.2. The van der Waals surface area contributed by atoms with Gasteiger partial charge in [0.15, 0.2) is 5.78 Å². The van der Waals surface area contributed by atoms with Gasteiger partial charge in [-0.1, -0.05) is 0 Å². The van der Waals surface area contributed by atoms with Crippen LogP contribution in [0, 0.1) is 0 Å². The molecule has 0 N–H and O–H groups in total. The van der Waals surface area contributed by atoms with Gasteiger partial charge < -0.3 is 23.7 Å². The lowest BCUT2D eigenvalue weighted by Crippen LogP contribution is -2.13. The third-order valence-corrected chi connectivity index (χ3v) is 3.69. The third kappa shape index (κ3) is 7.64. The molecule has 30 heavy (non-hydrogen) atoms. The Hall–Kier alpha value is -3.24. The Labute approximate surface area is 174 Å². The largest absolute Gasteiger partial charge is 0.497 e. The van der Waals surface area contributed by atoms with Crippen molar-refractivity contribution in [2.24, 2.45) is 0 Å². The standard InChI is InChI=1S/C14H16N2O4.C6H10O4/c1-18-9-13-12(14(17)20-3)8-16(15-13)10-4-6-11(19-2)7-5-10;1-9-4-5(7)3-6(8)10-2/h4-8H,9H2,1-3H3;3-4H2,1-2H3. The van der Waals surface area contributed by atoms with Crippen molar-refractivity contribution in [3.05, 3.63) is 41.7 Å². The fourth-order valence-electron chi connectivity index (χ4n) is 2.25. The topological polar surface area (TPSA) is 115 Å². The number of carbonyl (C=O) groups excluding carboxylic acids is 3. The van der Waals surface area contributed by atoms with Gasteiger partial charge in [0.05, 0.1) is 33.6 Å². The second kappa shape index (κ2) is 13.1. The molecule has 0 atom stereocenters. The first-order valence-electron chi connectivity index (χ1n) is 8.77. The van der Waals surface area contributed by atoms with Crippen LogP contribution in [0.3, 0.4) is 0 Å². The van der Waals surface area contributed by atoms with Gasteiger partial charge in [-0.25, -0.2) is 9.48 Å². The molecule has 0 aliphatic rings. The number of rotatable bonds is 9. The number of hydrogen-bond acceptors (Lipinski definition) is 9. The first-order valence-corrected chi connectivity index (χ1v) is 8.77. The molecule has 2 aromatic rings. The van der Waals surface area contributed by atoms with Crippen LogP contribution in [-0.4, -0.2) is 69.7 Å². The minimum absolute atomic E-state index is 0.0326. The first-order chi connectivity index (χ1) is 14.4. The zero-order chi connectivity index (χ0) is 22.5. The lowest BCUT2D eigenvalue weighted by molar-refractivity contribution is -0.144. The molecule has 10 nitrogen and oxygen atoms in total. The minimum atomic E-state index is -0.526. The number of Topliss-reactive ketones (excluding diaryl/α,β-unsaturated/α-hetero) is 1. The molecule has 0 saturated carbocycles. The third-order valence-electron chi connectivity index (χ3n) is 3.69. The van der Waals surface area contributed by atoms with Crippen LogP contribution in [0.5, 0.6) is 5.75 Å². The maximum absolute atomic E-state index is 11.7. The molecule has 0 radical (unpaired) electrons. The average molecular weight is 422 g/mol. The van der Waals surface area contributed by atoms with Crippen LogP contribution in [0.1, 0.15) is 22.5 Å². The van der Waals surface area contributed by atoms with Crippen molar-refractivity contribution in [2.45, 2.75) is 13.0 Å². The number of benzene rings is 1. The highest BCUT2D eigenvalue weighted by Crippen LogP contribution is 2.17. The van der Waals surface area contributed by atoms with Gasteiger partial charge in [0.2, 0.25) is 0 Å². The first kappa shape index (κ1) is 24.8. The Kier molecular flexibility index (Phi) is 10.8. The highest BCUT2D eigenvalue weighted by atomic mass is 16.5. The van der Waals surface area contributed by atoms with Crippen molar-refractivity contribution in [1.29, 1.82) is 0 Å². The van der Waals surface area contributed by atoms with Gasteiger partial charge in [0, 0.05) is 20.4 Å². The monoisotopic (exact) mass is 422 g/mol. The molecule has 0 fully saturated rings. The average Bonchev–Trinajstić information content (AvgIpc) is 3.18. The Bertz CT molecular complexity index is 830. The van der Waals surface area contributed by atoms with Crippen molar-refractivity contribution in [1.82, 2.24) is 9.78 Å². The lowest BCUT2D eigenvalue weighted by Gasteiger charge is -2.03. The summed E-state index contributed by atoms with van der Waals surface area (Å²) in [7, 11) is 7.13. The molecule has 0 aliphatic carbocycles. The van der Waals surface area contributed by atoms with Crippen molar-refractivity contribution in [3.8, 4) is 11.4 Å². The highest BCUT2D eigenvalue weighted by Gasteiger charge is 2.17. The van der Waals surface area contributed by atoms with E-state index >= 15 is 0 Å². The smallest absolute Gasteiger partial charge is 0.341 e. The molecule has 2 rings (SSSR count). The number of esters is 2. The molecule has 0 aliphatic heterocycles. The summed E-state index contributed by atoms with van der Waals surface area (Å²) in [6, 6.07) is 7.35. The number of carbonyl (C=O) groups is 3. The normalized spacial score (nSPS) is 9.90. The van der Waals surface area contributed by atoms with Crippen LogP contribution >= 0.6 is 0 Å². The molecule has 0 amide bonds. The van der Waals surface area contributed by atoms with E-state index in [-0.39, 0.29) is 25.4 Å². The molecule has 164 valence electrons. The van der Waals surface area contributed by atoms with Gasteiger partial charge in [-0.3, -0.25) is 9.59 Å². The van der Waals surface area contributed by atoms with Crippen LogP contribution in [0.4, 0.5) is 0 Å². The van der Waals surface area contributed by atoms with Gasteiger partial charge in [-0.15, -0.1) is 0 Å². The molecule has 0 unspecified atom stereocenters. The predicted molar refractivity (Wildman–Crippen MR) is 106 cm³/mol. The second-order valence-electron chi connectivity index (χ2n) is 5.78. The molecule has 1 heterocycles. The molecular formula is C20H26N2O8. The molecule has 10 heteroatoms. The fourth-order valence-corrected chi connectivity index (χ4v) is 2.25. The van der Waals surface area contributed by atoms with E-state index in [1.54, 1.807) is 25.1 Å². The Morgan fingerprint density at radius 2 is 1.60 bits per heavy atom. The predicted octanol–water partition coefficient (Wildman–Crippen LogP) is 1.58. The van der Waals surface area contributed by atoms with E-state index in [4.69, 9.17) is 14.2 Å². The summed E-state index contributed by atoms with van der Waals surface area (Å²) in [4.78, 5) is 32.7. The SMILES string of the molecule is COCC(=O)CC(=O)OC.COCc1nn(-c2ccc(OC)cc2)cc1C(=O)OC. The Morgan fingerprint density at radius 3 is 2.10 bits per heavy atom. The summed E-state index contributed by atoms with van der Waals surface area (Å²) in [6.07, 6.45) is 1.42. The van der Waals surface area contributed by atoms with E-state index in [1.807, 2.05) is 24.3 Å². The number of methoxy groups -OCH3 is 5. The van der Waals surface area contributed by atoms with Crippen LogP contribution < -0.4 is 4.74 Å². The second-order valence-corrected chi connectivity index (χ2v) is 5.78. The Balaban J connectivity index is 0.000000382. The number of aromatic nitrogens is 2. The number of ether oxygens (including phenoxy) is 5. The summed E-state index contributed by atoms with van der Waals surface area (Å²) < 4.78 is 25.2. The van der Waals surface area contributed by atoms with Crippen LogP contribution in [-0.2, 0) is 35.1 Å². The van der Waals surface area contributed by atoms with Crippen LogP contribution in [0.25, 0.3) is 5.69 Å². The summed E-state index contributed by atoms with van der Waals surface area (Å²) in [5, 5.41) is 4.34. The highest BCUT2D eigenvalue weighted by molar-refractivity contribution is 5.96. The van der Waals surface area contributed by atoms with Crippen molar-refractivity contribution in [3.63, 3.8) is 0 Å². The summed E-state index contributed by atoms with van der Waals surface area (Å²) >= 11 is 0. The quantitative estimate of drug-likeness (QED) is 0.439. The van der Waals surface area contributed by atoms with Crippen molar-refractivity contribution in [2.75, 3.05) is 42.2 Å². The van der Waals surface area contributed by atoms with Gasteiger partial charge in [-0.05, 0) is 24.3 Å². The summed E-state index contributed by atoms with van der Waals surface area (Å²) in [5.41, 5.74) is 1.75. The number of hydrogen-bond donors (Lipinski definition) is 0. The van der Waals surface area contributed by atoms with E-state index in [0.717, 1.165) is 11.4 Å². The zero-order valence-corrected chi connectivity index (χ0v) is 17.7. The van der Waals surface area contributed by atoms with E-state index < -0.39 is 11.9 Å². The van der Waals surface area contributed by atoms with Crippen LogP contribution in [0.15, 0.2) is 30.5 Å². The van der Waals surface area contributed by atoms with Gasteiger partial charge >= 0.3 is 11.9 Å². The summed E-state index contributed by atoms with van der Waals surface area (Å²) in [5.74, 6) is -0.473. The van der Waals surface area contributed by atoms with Gasteiger partial charge in [0.25, 0.3) is 0 Å². The molecule has 0 spiro atoms. The number of nitrogens with zero attached hydrogens (tertiary/aromatic N) is 2. The minimum Gasteiger partial charge on any atom is -0.497 e.